The molecule has 0 aromatic heterocycles. The second kappa shape index (κ2) is 7.69. The molecule has 0 heterocycles. The molecule has 0 saturated carbocycles. The van der Waals surface area contributed by atoms with Crippen molar-refractivity contribution < 1.29 is 14.3 Å². The zero-order chi connectivity index (χ0) is 15.1. The minimum absolute atomic E-state index is 0.0337. The van der Waals surface area contributed by atoms with E-state index in [0.29, 0.717) is 6.54 Å². The fourth-order valence-corrected chi connectivity index (χ4v) is 2.78. The molecule has 0 fully saturated rings. The molecule has 0 aliphatic carbocycles. The maximum atomic E-state index is 12.8. The number of carbonyl (C=O) groups is 1. The summed E-state index contributed by atoms with van der Waals surface area (Å²) >= 11 is 1.58. The Bertz CT molecular complexity index is 575. The van der Waals surface area contributed by atoms with Gasteiger partial charge in [-0.05, 0) is 36.4 Å². The van der Waals surface area contributed by atoms with Crippen LogP contribution < -0.4 is 4.90 Å². The van der Waals surface area contributed by atoms with Crippen molar-refractivity contribution in [2.24, 2.45) is 0 Å². The normalized spacial score (nSPS) is 10.3. The quantitative estimate of drug-likeness (QED) is 0.795. The number of halogens is 1. The third kappa shape index (κ3) is 5.11. The lowest BCUT2D eigenvalue weighted by molar-refractivity contribution is -0.135. The van der Waals surface area contributed by atoms with E-state index in [9.17, 15) is 9.18 Å². The topological polar surface area (TPSA) is 40.5 Å². The first-order valence-electron chi connectivity index (χ1n) is 6.55. The lowest BCUT2D eigenvalue weighted by Crippen LogP contribution is -2.31. The van der Waals surface area contributed by atoms with Gasteiger partial charge in [-0.15, -0.1) is 11.8 Å². The standard InChI is InChI=1S/C16H16FNO2S/c17-13-6-8-15(9-7-13)21-11-10-18(12-16(19)20)14-4-2-1-3-5-14/h1-9H,10-12H2,(H,19,20). The van der Waals surface area contributed by atoms with Gasteiger partial charge in [0.25, 0.3) is 0 Å². The van der Waals surface area contributed by atoms with Crippen molar-refractivity contribution in [2.45, 2.75) is 4.90 Å². The molecule has 1 N–H and O–H groups in total. The monoisotopic (exact) mass is 305 g/mol. The molecule has 0 spiro atoms. The second-order valence-electron chi connectivity index (χ2n) is 4.45. The third-order valence-corrected chi connectivity index (χ3v) is 3.88. The molecule has 3 nitrogen and oxygen atoms in total. The van der Waals surface area contributed by atoms with Crippen molar-refractivity contribution in [1.29, 1.82) is 0 Å². The number of nitrogens with zero attached hydrogens (tertiary/aromatic N) is 1. The molecular formula is C16H16FNO2S. The van der Waals surface area contributed by atoms with Gasteiger partial charge in [0.05, 0.1) is 0 Å². The fraction of sp³-hybridized carbons (Fsp3) is 0.188. The van der Waals surface area contributed by atoms with Crippen molar-refractivity contribution in [3.63, 3.8) is 0 Å². The molecule has 0 unspecified atom stereocenters. The van der Waals surface area contributed by atoms with Crippen LogP contribution in [0.5, 0.6) is 0 Å². The van der Waals surface area contributed by atoms with E-state index in [1.165, 1.54) is 12.1 Å². The van der Waals surface area contributed by atoms with E-state index < -0.39 is 5.97 Å². The van der Waals surface area contributed by atoms with Gasteiger partial charge in [-0.1, -0.05) is 18.2 Å². The molecule has 0 aliphatic rings. The van der Waals surface area contributed by atoms with Gasteiger partial charge in [-0.25, -0.2) is 4.39 Å². The van der Waals surface area contributed by atoms with Gasteiger partial charge in [-0.3, -0.25) is 4.79 Å². The Morgan fingerprint density at radius 2 is 1.76 bits per heavy atom. The summed E-state index contributed by atoms with van der Waals surface area (Å²) in [4.78, 5) is 13.8. The Morgan fingerprint density at radius 3 is 2.38 bits per heavy atom. The molecular weight excluding hydrogens is 289 g/mol. The molecule has 2 aromatic rings. The minimum atomic E-state index is -0.856. The van der Waals surface area contributed by atoms with Gasteiger partial charge < -0.3 is 10.0 Å². The van der Waals surface area contributed by atoms with E-state index in [1.807, 2.05) is 35.2 Å². The van der Waals surface area contributed by atoms with E-state index >= 15 is 0 Å². The maximum Gasteiger partial charge on any atom is 0.323 e. The van der Waals surface area contributed by atoms with Crippen molar-refractivity contribution in [1.82, 2.24) is 0 Å². The predicted molar refractivity (Wildman–Crippen MR) is 83.4 cm³/mol. The molecule has 110 valence electrons. The molecule has 0 atom stereocenters. The number of anilines is 1. The van der Waals surface area contributed by atoms with Crippen LogP contribution >= 0.6 is 11.8 Å². The average molecular weight is 305 g/mol. The lowest BCUT2D eigenvalue weighted by Gasteiger charge is -2.22. The van der Waals surface area contributed by atoms with Crippen molar-refractivity contribution in [3.8, 4) is 0 Å². The highest BCUT2D eigenvalue weighted by Gasteiger charge is 2.10. The number of aliphatic carboxylic acids is 1. The molecule has 0 saturated heterocycles. The fourth-order valence-electron chi connectivity index (χ4n) is 1.91. The van der Waals surface area contributed by atoms with Gasteiger partial charge in [0.15, 0.2) is 0 Å². The number of rotatable bonds is 7. The number of benzene rings is 2. The first-order valence-corrected chi connectivity index (χ1v) is 7.54. The van der Waals surface area contributed by atoms with Gasteiger partial charge >= 0.3 is 5.97 Å². The van der Waals surface area contributed by atoms with Gasteiger partial charge in [0.1, 0.15) is 12.4 Å². The maximum absolute atomic E-state index is 12.8. The molecule has 2 rings (SSSR count). The van der Waals surface area contributed by atoms with E-state index in [-0.39, 0.29) is 12.4 Å². The van der Waals surface area contributed by atoms with E-state index in [4.69, 9.17) is 5.11 Å². The van der Waals surface area contributed by atoms with Crippen LogP contribution in [-0.4, -0.2) is 29.9 Å². The predicted octanol–water partition coefficient (Wildman–Crippen LogP) is 3.51. The molecule has 0 bridgehead atoms. The van der Waals surface area contributed by atoms with Crippen LogP contribution in [-0.2, 0) is 4.79 Å². The SMILES string of the molecule is O=C(O)CN(CCSc1ccc(F)cc1)c1ccccc1. The number of hydrogen-bond acceptors (Lipinski definition) is 3. The molecule has 0 amide bonds. The van der Waals surface area contributed by atoms with Crippen LogP contribution in [0.2, 0.25) is 0 Å². The zero-order valence-electron chi connectivity index (χ0n) is 11.4. The highest BCUT2D eigenvalue weighted by atomic mass is 32.2. The number of para-hydroxylation sites is 1. The average Bonchev–Trinajstić information content (AvgIpc) is 2.49. The summed E-state index contributed by atoms with van der Waals surface area (Å²) < 4.78 is 12.8. The number of carboxylic acids is 1. The van der Waals surface area contributed by atoms with E-state index in [2.05, 4.69) is 0 Å². The van der Waals surface area contributed by atoms with Crippen LogP contribution in [0, 0.1) is 5.82 Å². The van der Waals surface area contributed by atoms with Crippen molar-refractivity contribution in [2.75, 3.05) is 23.7 Å². The highest BCUT2D eigenvalue weighted by molar-refractivity contribution is 7.99. The summed E-state index contributed by atoms with van der Waals surface area (Å²) in [6, 6.07) is 15.8. The van der Waals surface area contributed by atoms with E-state index in [0.717, 1.165) is 16.3 Å². The van der Waals surface area contributed by atoms with Crippen LogP contribution in [0.3, 0.4) is 0 Å². The van der Waals surface area contributed by atoms with E-state index in [1.54, 1.807) is 23.9 Å². The Morgan fingerprint density at radius 1 is 1.10 bits per heavy atom. The third-order valence-electron chi connectivity index (χ3n) is 2.89. The molecule has 0 radical (unpaired) electrons. The first kappa shape index (κ1) is 15.4. The summed E-state index contributed by atoms with van der Waals surface area (Å²) in [7, 11) is 0. The Balaban J connectivity index is 1.93. The summed E-state index contributed by atoms with van der Waals surface area (Å²) in [5.41, 5.74) is 0.889. The van der Waals surface area contributed by atoms with Crippen LogP contribution in [0.15, 0.2) is 59.5 Å². The molecule has 21 heavy (non-hydrogen) atoms. The second-order valence-corrected chi connectivity index (χ2v) is 5.62. The molecule has 0 aliphatic heterocycles. The smallest absolute Gasteiger partial charge is 0.323 e. The van der Waals surface area contributed by atoms with Crippen LogP contribution in [0.1, 0.15) is 0 Å². The summed E-state index contributed by atoms with van der Waals surface area (Å²) in [5, 5.41) is 9.00. The Kier molecular flexibility index (Phi) is 5.63. The summed E-state index contributed by atoms with van der Waals surface area (Å²) in [6.07, 6.45) is 0. The Labute approximate surface area is 127 Å². The van der Waals surface area contributed by atoms with Crippen LogP contribution in [0.4, 0.5) is 10.1 Å². The Hall–Kier alpha value is -2.01. The van der Waals surface area contributed by atoms with Gasteiger partial charge in [-0.2, -0.15) is 0 Å². The largest absolute Gasteiger partial charge is 0.480 e. The van der Waals surface area contributed by atoms with Gasteiger partial charge in [0, 0.05) is 22.9 Å². The first-order chi connectivity index (χ1) is 10.1. The minimum Gasteiger partial charge on any atom is -0.480 e. The van der Waals surface area contributed by atoms with Crippen molar-refractivity contribution in [3.05, 3.63) is 60.4 Å². The summed E-state index contributed by atoms with van der Waals surface area (Å²) in [5.74, 6) is -0.380. The van der Waals surface area contributed by atoms with Crippen LogP contribution in [0.25, 0.3) is 0 Å². The number of carboxylic acid groups (broad SMARTS) is 1. The van der Waals surface area contributed by atoms with Crippen molar-refractivity contribution >= 4 is 23.4 Å². The molecule has 5 heteroatoms. The van der Waals surface area contributed by atoms with Gasteiger partial charge in [0.2, 0.25) is 0 Å². The summed E-state index contributed by atoms with van der Waals surface area (Å²) in [6.45, 7) is 0.576. The number of thioether (sulfide) groups is 1. The highest BCUT2D eigenvalue weighted by Crippen LogP contribution is 2.20. The zero-order valence-corrected chi connectivity index (χ0v) is 12.2. The number of hydrogen-bond donors (Lipinski definition) is 1. The lowest BCUT2D eigenvalue weighted by atomic mass is 10.3. The molecule has 2 aromatic carbocycles.